The van der Waals surface area contributed by atoms with Crippen molar-refractivity contribution in [1.29, 1.82) is 0 Å². The fourth-order valence-corrected chi connectivity index (χ4v) is 5.88. The van der Waals surface area contributed by atoms with Gasteiger partial charge in [0.2, 0.25) is 17.6 Å². The number of para-hydroxylation sites is 1. The summed E-state index contributed by atoms with van der Waals surface area (Å²) in [5.74, 6) is -2.26. The first-order valence-electron chi connectivity index (χ1n) is 13.4. The number of aromatic nitrogens is 1. The second-order valence-corrected chi connectivity index (χ2v) is 10.7. The second kappa shape index (κ2) is 10.8. The van der Waals surface area contributed by atoms with Crippen molar-refractivity contribution in [2.45, 2.75) is 25.7 Å². The van der Waals surface area contributed by atoms with Crippen LogP contribution < -0.4 is 4.90 Å². The number of phenolic OH excluding ortho intramolecular Hbond substituents is 1. The predicted octanol–water partition coefficient (Wildman–Crippen LogP) is 5.98. The van der Waals surface area contributed by atoms with E-state index in [4.69, 9.17) is 16.3 Å². The smallest absolute Gasteiger partial charge is 0.339 e. The molecule has 1 aliphatic heterocycles. The summed E-state index contributed by atoms with van der Waals surface area (Å²) in [6.45, 7) is -0.565. The molecule has 1 aliphatic carbocycles. The molecule has 0 bridgehead atoms. The van der Waals surface area contributed by atoms with Crippen molar-refractivity contribution in [2.24, 2.45) is 11.8 Å². The zero-order valence-electron chi connectivity index (χ0n) is 21.9. The minimum atomic E-state index is -0.753. The minimum absolute atomic E-state index is 0.0536. The molecule has 8 nitrogen and oxygen atoms in total. The molecule has 1 saturated heterocycles. The largest absolute Gasteiger partial charge is 0.507 e. The van der Waals surface area contributed by atoms with E-state index in [0.717, 1.165) is 25.7 Å². The van der Waals surface area contributed by atoms with Crippen molar-refractivity contribution in [3.63, 3.8) is 0 Å². The average Bonchev–Trinajstić information content (AvgIpc) is 3.25. The average molecular weight is 569 g/mol. The van der Waals surface area contributed by atoms with Crippen molar-refractivity contribution in [2.75, 3.05) is 11.5 Å². The molecule has 2 fully saturated rings. The van der Waals surface area contributed by atoms with Crippen LogP contribution in [0.3, 0.4) is 0 Å². The van der Waals surface area contributed by atoms with E-state index >= 15 is 0 Å². The van der Waals surface area contributed by atoms with Crippen LogP contribution in [0.5, 0.6) is 5.75 Å². The van der Waals surface area contributed by atoms with Gasteiger partial charge in [-0.1, -0.05) is 48.7 Å². The summed E-state index contributed by atoms with van der Waals surface area (Å²) in [4.78, 5) is 57.8. The Labute approximate surface area is 240 Å². The number of phenols is 1. The Morgan fingerprint density at radius 1 is 0.902 bits per heavy atom. The third-order valence-electron chi connectivity index (χ3n) is 7.79. The molecule has 2 aliphatic rings. The number of nitrogens with zero attached hydrogens (tertiary/aromatic N) is 2. The molecule has 1 saturated carbocycles. The van der Waals surface area contributed by atoms with Crippen molar-refractivity contribution in [3.05, 3.63) is 88.9 Å². The van der Waals surface area contributed by atoms with Crippen LogP contribution in [-0.4, -0.2) is 40.3 Å². The van der Waals surface area contributed by atoms with Gasteiger partial charge in [-0.25, -0.2) is 9.78 Å². The van der Waals surface area contributed by atoms with Crippen molar-refractivity contribution in [3.8, 4) is 17.0 Å². The summed E-state index contributed by atoms with van der Waals surface area (Å²) < 4.78 is 5.34. The SMILES string of the molecule is O=C(COC(=O)c1cc(-c2ccc(N3C(=O)C4CCCCC4C3=O)cc2)nc2ccc(Cl)cc12)c1ccccc1O. The van der Waals surface area contributed by atoms with Crippen LogP contribution in [0.4, 0.5) is 5.69 Å². The molecule has 2 atom stereocenters. The van der Waals surface area contributed by atoms with E-state index < -0.39 is 18.4 Å². The summed E-state index contributed by atoms with van der Waals surface area (Å²) in [7, 11) is 0. The van der Waals surface area contributed by atoms with Gasteiger partial charge >= 0.3 is 5.97 Å². The van der Waals surface area contributed by atoms with Crippen LogP contribution in [0.2, 0.25) is 5.02 Å². The van der Waals surface area contributed by atoms with E-state index in [2.05, 4.69) is 4.98 Å². The molecule has 6 rings (SSSR count). The molecule has 2 heterocycles. The van der Waals surface area contributed by atoms with Gasteiger partial charge in [-0.05, 0) is 61.4 Å². The first kappa shape index (κ1) is 26.7. The lowest BCUT2D eigenvalue weighted by Crippen LogP contribution is -2.30. The number of Topliss-reactive ketones (excluding diaryl/α,β-unsaturated/α-hetero) is 1. The fraction of sp³-hybridized carbons (Fsp3) is 0.219. The molecular weight excluding hydrogens is 544 g/mol. The van der Waals surface area contributed by atoms with E-state index in [9.17, 15) is 24.3 Å². The number of carbonyl (C=O) groups excluding carboxylic acids is 4. The lowest BCUT2D eigenvalue weighted by Gasteiger charge is -2.19. The molecule has 2 unspecified atom stereocenters. The van der Waals surface area contributed by atoms with Crippen molar-refractivity contribution < 1.29 is 29.0 Å². The first-order valence-corrected chi connectivity index (χ1v) is 13.8. The Morgan fingerprint density at radius 3 is 2.27 bits per heavy atom. The minimum Gasteiger partial charge on any atom is -0.507 e. The maximum Gasteiger partial charge on any atom is 0.339 e. The number of pyridine rings is 1. The zero-order chi connectivity index (χ0) is 28.7. The van der Waals surface area contributed by atoms with Gasteiger partial charge in [-0.15, -0.1) is 0 Å². The van der Waals surface area contributed by atoms with Crippen LogP contribution in [0.1, 0.15) is 46.4 Å². The number of amides is 2. The number of benzene rings is 3. The number of hydrogen-bond acceptors (Lipinski definition) is 7. The maximum absolute atomic E-state index is 13.2. The Bertz CT molecular complexity index is 1690. The number of esters is 1. The number of ketones is 1. The molecule has 0 radical (unpaired) electrons. The molecular formula is C32H25ClN2O6. The summed E-state index contributed by atoms with van der Waals surface area (Å²) in [6, 6.07) is 19.4. The quantitative estimate of drug-likeness (QED) is 0.173. The number of hydrogen-bond donors (Lipinski definition) is 1. The normalized spacial score (nSPS) is 18.4. The van der Waals surface area contributed by atoms with Gasteiger partial charge in [0.25, 0.3) is 0 Å². The van der Waals surface area contributed by atoms with Crippen LogP contribution in [0.25, 0.3) is 22.2 Å². The standard InChI is InChI=1S/C32H25ClN2O6/c33-19-11-14-26-24(15-19)25(32(40)41-17-29(37)23-7-3-4-8-28(23)36)16-27(34-26)18-9-12-20(13-10-18)35-30(38)21-5-1-2-6-22(21)31(35)39/h3-4,7-16,21-22,36H,1-2,5-6,17H2. The Balaban J connectivity index is 1.29. The molecule has 2 amide bonds. The molecule has 4 aromatic rings. The highest BCUT2D eigenvalue weighted by molar-refractivity contribution is 6.31. The number of halogens is 1. The number of ether oxygens (including phenoxy) is 1. The third kappa shape index (κ3) is 4.95. The van der Waals surface area contributed by atoms with Gasteiger partial charge < -0.3 is 9.84 Å². The van der Waals surface area contributed by atoms with Crippen LogP contribution in [0.15, 0.2) is 72.8 Å². The number of fused-ring (bicyclic) bond motifs is 2. The highest BCUT2D eigenvalue weighted by Crippen LogP contribution is 2.40. The number of anilines is 1. The van der Waals surface area contributed by atoms with Gasteiger partial charge in [0.05, 0.1) is 39.9 Å². The molecule has 9 heteroatoms. The van der Waals surface area contributed by atoms with Gasteiger partial charge in [-0.2, -0.15) is 0 Å². The Morgan fingerprint density at radius 2 is 1.59 bits per heavy atom. The summed E-state index contributed by atoms with van der Waals surface area (Å²) >= 11 is 6.20. The van der Waals surface area contributed by atoms with Gasteiger partial charge in [0, 0.05) is 16.0 Å². The van der Waals surface area contributed by atoms with Crippen LogP contribution in [-0.2, 0) is 14.3 Å². The van der Waals surface area contributed by atoms with Gasteiger partial charge in [0.15, 0.2) is 6.61 Å². The number of imide groups is 1. The molecule has 3 aromatic carbocycles. The molecule has 206 valence electrons. The van der Waals surface area contributed by atoms with E-state index in [1.807, 2.05) is 0 Å². The van der Waals surface area contributed by atoms with E-state index in [-0.39, 0.29) is 40.5 Å². The van der Waals surface area contributed by atoms with Gasteiger partial charge in [-0.3, -0.25) is 19.3 Å². The predicted molar refractivity (Wildman–Crippen MR) is 153 cm³/mol. The van der Waals surface area contributed by atoms with E-state index in [1.54, 1.807) is 60.7 Å². The van der Waals surface area contributed by atoms with Gasteiger partial charge in [0.1, 0.15) is 5.75 Å². The number of rotatable bonds is 6. The lowest BCUT2D eigenvalue weighted by molar-refractivity contribution is -0.122. The highest BCUT2D eigenvalue weighted by Gasteiger charge is 2.48. The lowest BCUT2D eigenvalue weighted by atomic mass is 9.81. The molecule has 1 aromatic heterocycles. The number of aromatic hydroxyl groups is 1. The first-order chi connectivity index (χ1) is 19.8. The maximum atomic E-state index is 13.2. The van der Waals surface area contributed by atoms with Crippen LogP contribution in [0, 0.1) is 11.8 Å². The third-order valence-corrected chi connectivity index (χ3v) is 8.03. The zero-order valence-corrected chi connectivity index (χ0v) is 22.6. The number of carbonyl (C=O) groups is 4. The molecule has 41 heavy (non-hydrogen) atoms. The molecule has 1 N–H and O–H groups in total. The Hall–Kier alpha value is -4.56. The van der Waals surface area contributed by atoms with E-state index in [0.29, 0.717) is 32.9 Å². The van der Waals surface area contributed by atoms with Crippen molar-refractivity contribution >= 4 is 51.8 Å². The summed E-state index contributed by atoms with van der Waals surface area (Å²) in [5.41, 5.74) is 2.32. The topological polar surface area (TPSA) is 114 Å². The molecule has 0 spiro atoms. The Kier molecular flexibility index (Phi) is 7.01. The van der Waals surface area contributed by atoms with Crippen LogP contribution >= 0.6 is 11.6 Å². The summed E-state index contributed by atoms with van der Waals surface area (Å²) in [6.07, 6.45) is 3.40. The van der Waals surface area contributed by atoms with Crippen molar-refractivity contribution in [1.82, 2.24) is 4.98 Å². The summed E-state index contributed by atoms with van der Waals surface area (Å²) in [5, 5.41) is 10.8. The highest BCUT2D eigenvalue weighted by atomic mass is 35.5. The second-order valence-electron chi connectivity index (χ2n) is 10.3. The van der Waals surface area contributed by atoms with E-state index in [1.165, 1.54) is 17.0 Å². The monoisotopic (exact) mass is 568 g/mol. The fourth-order valence-electron chi connectivity index (χ4n) is 5.71.